The van der Waals surface area contributed by atoms with Crippen molar-refractivity contribution in [2.24, 2.45) is 0 Å². The summed E-state index contributed by atoms with van der Waals surface area (Å²) in [6, 6.07) is 2.17. The van der Waals surface area contributed by atoms with Crippen LogP contribution in [0.3, 0.4) is 0 Å². The van der Waals surface area contributed by atoms with Crippen molar-refractivity contribution in [1.82, 2.24) is 10.3 Å². The number of hydrogen-bond acceptors (Lipinski definition) is 4. The van der Waals surface area contributed by atoms with E-state index in [2.05, 4.69) is 30.2 Å². The topological polar surface area (TPSA) is 45.2 Å². The summed E-state index contributed by atoms with van der Waals surface area (Å²) in [6.45, 7) is 9.98. The molecule has 1 rings (SSSR count). The molecule has 0 amide bonds. The van der Waals surface area contributed by atoms with E-state index < -0.39 is 0 Å². The molecule has 2 unspecified atom stereocenters. The molecular formula is C14H24N2OS. The zero-order valence-electron chi connectivity index (χ0n) is 11.7. The highest BCUT2D eigenvalue weighted by atomic mass is 32.2. The highest BCUT2D eigenvalue weighted by molar-refractivity contribution is 7.99. The Bertz CT molecular complexity index is 369. The second kappa shape index (κ2) is 7.77. The van der Waals surface area contributed by atoms with Gasteiger partial charge in [-0.1, -0.05) is 19.9 Å². The van der Waals surface area contributed by atoms with Gasteiger partial charge >= 0.3 is 0 Å². The number of hydrogen-bond donors (Lipinski definition) is 2. The number of nitrogens with zero attached hydrogens (tertiary/aromatic N) is 1. The first-order chi connectivity index (χ1) is 8.54. The van der Waals surface area contributed by atoms with Crippen molar-refractivity contribution in [3.8, 4) is 0 Å². The molecule has 102 valence electrons. The van der Waals surface area contributed by atoms with Gasteiger partial charge in [0.25, 0.3) is 0 Å². The molecule has 1 heterocycles. The van der Waals surface area contributed by atoms with Crippen LogP contribution in [0.15, 0.2) is 17.3 Å². The van der Waals surface area contributed by atoms with E-state index in [1.165, 1.54) is 11.1 Å². The quantitative estimate of drug-likeness (QED) is 0.589. The predicted molar refractivity (Wildman–Crippen MR) is 78.0 cm³/mol. The van der Waals surface area contributed by atoms with Gasteiger partial charge in [0, 0.05) is 18.0 Å². The average molecular weight is 268 g/mol. The lowest BCUT2D eigenvalue weighted by Gasteiger charge is -2.15. The second-order valence-electron chi connectivity index (χ2n) is 4.71. The fourth-order valence-corrected chi connectivity index (χ4v) is 2.43. The molecule has 0 spiro atoms. The molecule has 0 aliphatic carbocycles. The Kier molecular flexibility index (Phi) is 6.68. The molecule has 0 aromatic carbocycles. The summed E-state index contributed by atoms with van der Waals surface area (Å²) in [5.41, 5.74) is 2.40. The minimum absolute atomic E-state index is 0.167. The Hall–Kier alpha value is -0.580. The van der Waals surface area contributed by atoms with Crippen molar-refractivity contribution in [3.63, 3.8) is 0 Å². The molecule has 0 saturated carbocycles. The average Bonchev–Trinajstić information content (AvgIpc) is 2.32. The van der Waals surface area contributed by atoms with E-state index in [0.717, 1.165) is 24.5 Å². The monoisotopic (exact) mass is 268 g/mol. The first-order valence-electron chi connectivity index (χ1n) is 6.55. The number of nitrogens with one attached hydrogen (secondary N) is 1. The van der Waals surface area contributed by atoms with Crippen LogP contribution in [0, 0.1) is 6.92 Å². The van der Waals surface area contributed by atoms with Gasteiger partial charge in [0.15, 0.2) is 0 Å². The molecule has 0 bridgehead atoms. The maximum absolute atomic E-state index is 9.51. The summed E-state index contributed by atoms with van der Waals surface area (Å²) < 4.78 is 0. The number of aliphatic hydroxyl groups excluding tert-OH is 1. The van der Waals surface area contributed by atoms with Crippen LogP contribution in [0.1, 0.15) is 38.3 Å². The Morgan fingerprint density at radius 2 is 2.17 bits per heavy atom. The fraction of sp³-hybridized carbons (Fsp3) is 0.643. The molecule has 0 radical (unpaired) electrons. The molecule has 0 fully saturated rings. The van der Waals surface area contributed by atoms with Gasteiger partial charge in [-0.2, -0.15) is 0 Å². The Labute approximate surface area is 114 Å². The molecule has 2 atom stereocenters. The van der Waals surface area contributed by atoms with Crippen molar-refractivity contribution in [2.75, 3.05) is 6.54 Å². The zero-order valence-corrected chi connectivity index (χ0v) is 12.5. The number of thioether (sulfide) groups is 1. The van der Waals surface area contributed by atoms with E-state index >= 15 is 0 Å². The van der Waals surface area contributed by atoms with Gasteiger partial charge in [-0.25, -0.2) is 4.98 Å². The van der Waals surface area contributed by atoms with Crippen LogP contribution in [-0.4, -0.2) is 28.0 Å². The van der Waals surface area contributed by atoms with Crippen molar-refractivity contribution in [2.45, 2.75) is 57.0 Å². The van der Waals surface area contributed by atoms with Gasteiger partial charge < -0.3 is 10.4 Å². The number of pyridine rings is 1. The largest absolute Gasteiger partial charge is 0.392 e. The third kappa shape index (κ3) is 4.96. The molecule has 0 aliphatic heterocycles. The summed E-state index contributed by atoms with van der Waals surface area (Å²) in [5.74, 6) is 0. The molecule has 4 heteroatoms. The van der Waals surface area contributed by atoms with E-state index in [1.807, 2.05) is 20.0 Å². The lowest BCUT2D eigenvalue weighted by atomic mass is 10.2. The Morgan fingerprint density at radius 1 is 1.44 bits per heavy atom. The van der Waals surface area contributed by atoms with Crippen LogP contribution < -0.4 is 5.32 Å². The molecule has 3 nitrogen and oxygen atoms in total. The van der Waals surface area contributed by atoms with Crippen LogP contribution in [-0.2, 0) is 6.54 Å². The van der Waals surface area contributed by atoms with Gasteiger partial charge in [0.2, 0.25) is 0 Å². The van der Waals surface area contributed by atoms with Gasteiger partial charge in [0.1, 0.15) is 0 Å². The minimum Gasteiger partial charge on any atom is -0.392 e. The molecule has 18 heavy (non-hydrogen) atoms. The van der Waals surface area contributed by atoms with Crippen LogP contribution in [0.25, 0.3) is 0 Å². The summed E-state index contributed by atoms with van der Waals surface area (Å²) in [7, 11) is 0. The van der Waals surface area contributed by atoms with E-state index in [-0.39, 0.29) is 11.4 Å². The van der Waals surface area contributed by atoms with Gasteiger partial charge in [-0.05, 0) is 37.9 Å². The van der Waals surface area contributed by atoms with Gasteiger partial charge in [-0.3, -0.25) is 0 Å². The standard InChI is InChI=1S/C14H24N2OS/c1-5-6-15-8-13-7-10(2)14(16-9-13)18-12(4)11(3)17/h7,9,11-12,15,17H,5-6,8H2,1-4H3. The SMILES string of the molecule is CCCNCc1cnc(SC(C)C(C)O)c(C)c1. The summed E-state index contributed by atoms with van der Waals surface area (Å²) in [5, 5.41) is 14.1. The molecule has 0 saturated heterocycles. The first-order valence-corrected chi connectivity index (χ1v) is 7.43. The van der Waals surface area contributed by atoms with Crippen LogP contribution >= 0.6 is 11.8 Å². The van der Waals surface area contributed by atoms with Gasteiger partial charge in [-0.15, -0.1) is 11.8 Å². The molecular weight excluding hydrogens is 244 g/mol. The number of aliphatic hydroxyl groups is 1. The maximum atomic E-state index is 9.51. The third-order valence-electron chi connectivity index (χ3n) is 2.82. The van der Waals surface area contributed by atoms with Gasteiger partial charge in [0.05, 0.1) is 11.1 Å². The lowest BCUT2D eigenvalue weighted by molar-refractivity contribution is 0.196. The molecule has 1 aromatic rings. The first kappa shape index (κ1) is 15.5. The summed E-state index contributed by atoms with van der Waals surface area (Å²) in [6.07, 6.45) is 2.75. The zero-order chi connectivity index (χ0) is 13.5. The molecule has 1 aromatic heterocycles. The van der Waals surface area contributed by atoms with Crippen molar-refractivity contribution >= 4 is 11.8 Å². The summed E-state index contributed by atoms with van der Waals surface area (Å²) in [4.78, 5) is 4.49. The highest BCUT2D eigenvalue weighted by Crippen LogP contribution is 2.26. The molecule has 2 N–H and O–H groups in total. The number of aryl methyl sites for hydroxylation is 1. The van der Waals surface area contributed by atoms with Crippen molar-refractivity contribution < 1.29 is 5.11 Å². The van der Waals surface area contributed by atoms with E-state index in [1.54, 1.807) is 11.8 Å². The second-order valence-corrected chi connectivity index (χ2v) is 6.07. The maximum Gasteiger partial charge on any atom is 0.0992 e. The van der Waals surface area contributed by atoms with Crippen LogP contribution in [0.2, 0.25) is 0 Å². The Balaban J connectivity index is 2.62. The number of rotatable bonds is 7. The van der Waals surface area contributed by atoms with E-state index in [4.69, 9.17) is 0 Å². The van der Waals surface area contributed by atoms with E-state index in [9.17, 15) is 5.11 Å². The van der Waals surface area contributed by atoms with Crippen LogP contribution in [0.5, 0.6) is 0 Å². The highest BCUT2D eigenvalue weighted by Gasteiger charge is 2.13. The summed E-state index contributed by atoms with van der Waals surface area (Å²) >= 11 is 1.63. The third-order valence-corrected chi connectivity index (χ3v) is 4.24. The molecule has 0 aliphatic rings. The number of aromatic nitrogens is 1. The van der Waals surface area contributed by atoms with Crippen molar-refractivity contribution in [1.29, 1.82) is 0 Å². The fourth-order valence-electron chi connectivity index (χ4n) is 1.52. The van der Waals surface area contributed by atoms with Crippen LogP contribution in [0.4, 0.5) is 0 Å². The lowest BCUT2D eigenvalue weighted by Crippen LogP contribution is -2.16. The minimum atomic E-state index is -0.318. The van der Waals surface area contributed by atoms with Crippen molar-refractivity contribution in [3.05, 3.63) is 23.4 Å². The Morgan fingerprint density at radius 3 is 2.72 bits per heavy atom. The predicted octanol–water partition coefficient (Wildman–Crippen LogP) is 2.75. The normalized spacial score (nSPS) is 14.5. The van der Waals surface area contributed by atoms with E-state index in [0.29, 0.717) is 0 Å². The smallest absolute Gasteiger partial charge is 0.0992 e.